The van der Waals surface area contributed by atoms with E-state index in [9.17, 15) is 9.59 Å². The number of carbonyl (C=O) groups is 2. The van der Waals surface area contributed by atoms with E-state index in [0.29, 0.717) is 18.9 Å². The summed E-state index contributed by atoms with van der Waals surface area (Å²) in [6.07, 6.45) is 1.33. The van der Waals surface area contributed by atoms with E-state index in [2.05, 4.69) is 22.8 Å². The van der Waals surface area contributed by atoms with Crippen molar-refractivity contribution in [2.24, 2.45) is 0 Å². The Hall–Kier alpha value is -2.04. The topological polar surface area (TPSA) is 78.4 Å². The highest BCUT2D eigenvalue weighted by Crippen LogP contribution is 2.33. The molecule has 1 aliphatic carbocycles. The number of hydrogen-bond acceptors (Lipinski definition) is 2. The summed E-state index contributed by atoms with van der Waals surface area (Å²) in [6, 6.07) is 6.90. The molecule has 5 heteroatoms. The first-order chi connectivity index (χ1) is 9.11. The van der Waals surface area contributed by atoms with Crippen LogP contribution >= 0.6 is 0 Å². The van der Waals surface area contributed by atoms with Gasteiger partial charge in [-0.2, -0.15) is 0 Å². The molecule has 0 radical (unpaired) electrons. The van der Waals surface area contributed by atoms with Crippen molar-refractivity contribution < 1.29 is 14.7 Å². The molecule has 0 saturated heterocycles. The zero-order chi connectivity index (χ0) is 13.8. The minimum absolute atomic E-state index is 0.340. The smallest absolute Gasteiger partial charge is 0.326 e. The Morgan fingerprint density at radius 1 is 1.42 bits per heavy atom. The number of carboxylic acid groups (broad SMARTS) is 1. The largest absolute Gasteiger partial charge is 0.480 e. The third kappa shape index (κ3) is 3.05. The van der Waals surface area contributed by atoms with Crippen LogP contribution in [-0.2, 0) is 11.2 Å². The van der Waals surface area contributed by atoms with Crippen LogP contribution in [0.1, 0.15) is 30.4 Å². The highest BCUT2D eigenvalue weighted by molar-refractivity contribution is 5.82. The number of amides is 2. The van der Waals surface area contributed by atoms with Gasteiger partial charge in [-0.3, -0.25) is 0 Å². The monoisotopic (exact) mass is 262 g/mol. The molecule has 1 aromatic carbocycles. The molecule has 0 heterocycles. The molecule has 0 bridgehead atoms. The lowest BCUT2D eigenvalue weighted by Crippen LogP contribution is -2.47. The lowest BCUT2D eigenvalue weighted by Gasteiger charge is -2.30. The fourth-order valence-corrected chi connectivity index (χ4v) is 2.31. The number of carboxylic acids is 1. The minimum Gasteiger partial charge on any atom is -0.480 e. The lowest BCUT2D eigenvalue weighted by molar-refractivity contribution is -0.139. The van der Waals surface area contributed by atoms with Gasteiger partial charge in [-0.05, 0) is 24.0 Å². The highest BCUT2D eigenvalue weighted by atomic mass is 16.4. The Balaban J connectivity index is 1.78. The predicted octanol–water partition coefficient (Wildman–Crippen LogP) is 1.49. The van der Waals surface area contributed by atoms with E-state index < -0.39 is 18.0 Å². The molecule has 5 nitrogen and oxygen atoms in total. The third-order valence-corrected chi connectivity index (χ3v) is 3.48. The summed E-state index contributed by atoms with van der Waals surface area (Å²) in [5.41, 5.74) is 2.60. The number of hydrogen-bond donors (Lipinski definition) is 3. The molecule has 3 N–H and O–H groups in total. The molecule has 2 atom stereocenters. The standard InChI is InChI=1S/C14H18N2O3/c1-2-12(13(17)18)16-14(19)15-8-10-7-9-5-3-4-6-11(9)10/h3-6,10,12H,2,7-8H2,1H3,(H,17,18)(H2,15,16,19). The number of aliphatic carboxylic acids is 1. The Kier molecular flexibility index (Phi) is 4.04. The van der Waals surface area contributed by atoms with Crippen molar-refractivity contribution in [3.63, 3.8) is 0 Å². The molecule has 2 unspecified atom stereocenters. The second kappa shape index (κ2) is 5.73. The van der Waals surface area contributed by atoms with Crippen LogP contribution in [0, 0.1) is 0 Å². The first-order valence-electron chi connectivity index (χ1n) is 6.46. The number of carbonyl (C=O) groups excluding carboxylic acids is 1. The van der Waals surface area contributed by atoms with Gasteiger partial charge < -0.3 is 15.7 Å². The third-order valence-electron chi connectivity index (χ3n) is 3.48. The maximum atomic E-state index is 11.6. The average molecular weight is 262 g/mol. The molecule has 2 rings (SSSR count). The Bertz CT molecular complexity index is 487. The van der Waals surface area contributed by atoms with Crippen LogP contribution in [0.15, 0.2) is 24.3 Å². The number of benzene rings is 1. The first-order valence-corrected chi connectivity index (χ1v) is 6.46. The van der Waals surface area contributed by atoms with Gasteiger partial charge in [-0.15, -0.1) is 0 Å². The van der Waals surface area contributed by atoms with Crippen LogP contribution < -0.4 is 10.6 Å². The number of nitrogens with one attached hydrogen (secondary N) is 2. The van der Waals surface area contributed by atoms with E-state index in [4.69, 9.17) is 5.11 Å². The zero-order valence-electron chi connectivity index (χ0n) is 10.8. The van der Waals surface area contributed by atoms with E-state index >= 15 is 0 Å². The van der Waals surface area contributed by atoms with Crippen molar-refractivity contribution >= 4 is 12.0 Å². The molecular weight excluding hydrogens is 244 g/mol. The van der Waals surface area contributed by atoms with Crippen LogP contribution in [-0.4, -0.2) is 29.7 Å². The predicted molar refractivity (Wildman–Crippen MR) is 71.1 cm³/mol. The van der Waals surface area contributed by atoms with Gasteiger partial charge >= 0.3 is 12.0 Å². The van der Waals surface area contributed by atoms with Crippen LogP contribution in [0.25, 0.3) is 0 Å². The average Bonchev–Trinajstić information content (AvgIpc) is 2.36. The normalized spacial score (nSPS) is 17.8. The number of rotatable bonds is 5. The quantitative estimate of drug-likeness (QED) is 0.752. The summed E-state index contributed by atoms with van der Waals surface area (Å²) in [5.74, 6) is -0.668. The van der Waals surface area contributed by atoms with Crippen molar-refractivity contribution in [1.29, 1.82) is 0 Å². The molecule has 0 fully saturated rings. The van der Waals surface area contributed by atoms with Gasteiger partial charge in [0.2, 0.25) is 0 Å². The maximum absolute atomic E-state index is 11.6. The van der Waals surface area contributed by atoms with Crippen LogP contribution in [0.3, 0.4) is 0 Å². The number of fused-ring (bicyclic) bond motifs is 1. The summed E-state index contributed by atoms with van der Waals surface area (Å²) < 4.78 is 0. The molecule has 1 aromatic rings. The fraction of sp³-hybridized carbons (Fsp3) is 0.429. The summed E-state index contributed by atoms with van der Waals surface area (Å²) >= 11 is 0. The van der Waals surface area contributed by atoms with Crippen LogP contribution in [0.4, 0.5) is 4.79 Å². The Morgan fingerprint density at radius 2 is 2.16 bits per heavy atom. The maximum Gasteiger partial charge on any atom is 0.326 e. The summed E-state index contributed by atoms with van der Waals surface area (Å²) in [7, 11) is 0. The molecule has 0 aliphatic heterocycles. The molecule has 102 valence electrons. The van der Waals surface area contributed by atoms with E-state index in [1.165, 1.54) is 11.1 Å². The Morgan fingerprint density at radius 3 is 2.79 bits per heavy atom. The molecule has 0 saturated carbocycles. The van der Waals surface area contributed by atoms with E-state index in [0.717, 1.165) is 6.42 Å². The molecular formula is C14H18N2O3. The van der Waals surface area contributed by atoms with Gasteiger partial charge in [0.25, 0.3) is 0 Å². The van der Waals surface area contributed by atoms with Crippen molar-refractivity contribution in [2.75, 3.05) is 6.54 Å². The minimum atomic E-state index is -1.01. The molecule has 0 aromatic heterocycles. The van der Waals surface area contributed by atoms with E-state index in [1.54, 1.807) is 6.92 Å². The van der Waals surface area contributed by atoms with E-state index in [-0.39, 0.29) is 0 Å². The Labute approximate surface area is 112 Å². The van der Waals surface area contributed by atoms with Gasteiger partial charge in [-0.1, -0.05) is 31.2 Å². The highest BCUT2D eigenvalue weighted by Gasteiger charge is 2.26. The van der Waals surface area contributed by atoms with Crippen molar-refractivity contribution in [3.05, 3.63) is 35.4 Å². The van der Waals surface area contributed by atoms with Crippen molar-refractivity contribution in [1.82, 2.24) is 10.6 Å². The fourth-order valence-electron chi connectivity index (χ4n) is 2.31. The zero-order valence-corrected chi connectivity index (χ0v) is 10.8. The summed E-state index contributed by atoms with van der Waals surface area (Å²) in [4.78, 5) is 22.4. The van der Waals surface area contributed by atoms with Gasteiger partial charge in [-0.25, -0.2) is 9.59 Å². The van der Waals surface area contributed by atoms with E-state index in [1.807, 2.05) is 12.1 Å². The second-order valence-electron chi connectivity index (χ2n) is 4.75. The van der Waals surface area contributed by atoms with Crippen molar-refractivity contribution in [2.45, 2.75) is 31.7 Å². The molecule has 19 heavy (non-hydrogen) atoms. The van der Waals surface area contributed by atoms with Crippen LogP contribution in [0.2, 0.25) is 0 Å². The van der Waals surface area contributed by atoms with Crippen LogP contribution in [0.5, 0.6) is 0 Å². The second-order valence-corrected chi connectivity index (χ2v) is 4.75. The number of urea groups is 1. The van der Waals surface area contributed by atoms with Gasteiger partial charge in [0, 0.05) is 12.5 Å². The molecule has 2 amide bonds. The molecule has 0 spiro atoms. The molecule has 1 aliphatic rings. The van der Waals surface area contributed by atoms with Gasteiger partial charge in [0.05, 0.1) is 0 Å². The van der Waals surface area contributed by atoms with Crippen molar-refractivity contribution in [3.8, 4) is 0 Å². The summed E-state index contributed by atoms with van der Waals surface area (Å²) in [6.45, 7) is 2.26. The first kappa shape index (κ1) is 13.4. The summed E-state index contributed by atoms with van der Waals surface area (Å²) in [5, 5.41) is 14.0. The van der Waals surface area contributed by atoms with Gasteiger partial charge in [0.1, 0.15) is 6.04 Å². The lowest BCUT2D eigenvalue weighted by atomic mass is 9.78. The van der Waals surface area contributed by atoms with Gasteiger partial charge in [0.15, 0.2) is 0 Å². The SMILES string of the molecule is CCC(NC(=O)NCC1Cc2ccccc21)C(=O)O.